The van der Waals surface area contributed by atoms with E-state index in [0.717, 1.165) is 41.3 Å². The maximum Gasteiger partial charge on any atom is 0.122 e. The fraction of sp³-hybridized carbons (Fsp3) is 0.467. The van der Waals surface area contributed by atoms with Crippen LogP contribution < -0.4 is 5.73 Å². The highest BCUT2D eigenvalue weighted by Gasteiger charge is 2.26. The van der Waals surface area contributed by atoms with Gasteiger partial charge >= 0.3 is 0 Å². The van der Waals surface area contributed by atoms with Crippen LogP contribution in [0.15, 0.2) is 24.3 Å². The van der Waals surface area contributed by atoms with Crippen LogP contribution in [0.25, 0.3) is 11.4 Å². The van der Waals surface area contributed by atoms with Crippen molar-refractivity contribution in [3.05, 3.63) is 30.0 Å². The molecule has 2 N–H and O–H groups in total. The van der Waals surface area contributed by atoms with Crippen molar-refractivity contribution in [2.45, 2.75) is 33.2 Å². The van der Waals surface area contributed by atoms with Crippen molar-refractivity contribution in [2.24, 2.45) is 11.8 Å². The molecule has 0 aromatic carbocycles. The molecule has 2 heterocycles. The van der Waals surface area contributed by atoms with Crippen LogP contribution in [0.5, 0.6) is 0 Å². The highest BCUT2D eigenvalue weighted by atomic mass is 15.3. The Morgan fingerprint density at radius 3 is 2.79 bits per heavy atom. The van der Waals surface area contributed by atoms with Crippen LogP contribution in [-0.2, 0) is 6.54 Å². The molecule has 0 atom stereocenters. The minimum absolute atomic E-state index is 0.732. The third-order valence-corrected chi connectivity index (χ3v) is 3.86. The Labute approximate surface area is 113 Å². The topological polar surface area (TPSA) is 56.7 Å². The molecule has 0 aliphatic heterocycles. The van der Waals surface area contributed by atoms with Crippen molar-refractivity contribution < 1.29 is 0 Å². The fourth-order valence-corrected chi connectivity index (χ4v) is 2.85. The van der Waals surface area contributed by atoms with Crippen LogP contribution >= 0.6 is 0 Å². The average Bonchev–Trinajstić information content (AvgIpc) is 2.69. The van der Waals surface area contributed by atoms with Gasteiger partial charge in [0.25, 0.3) is 0 Å². The summed E-state index contributed by atoms with van der Waals surface area (Å²) in [4.78, 5) is 4.49. The summed E-state index contributed by atoms with van der Waals surface area (Å²) in [5, 5.41) is 4.60. The van der Waals surface area contributed by atoms with Crippen molar-refractivity contribution >= 4 is 5.82 Å². The Bertz CT molecular complexity index is 582. The number of rotatable bonds is 3. The van der Waals surface area contributed by atoms with Crippen LogP contribution in [-0.4, -0.2) is 14.8 Å². The van der Waals surface area contributed by atoms with Crippen LogP contribution in [0.4, 0.5) is 5.82 Å². The number of aryl methyl sites for hydroxylation is 1. The zero-order valence-corrected chi connectivity index (χ0v) is 11.5. The molecule has 0 bridgehead atoms. The average molecular weight is 256 g/mol. The second-order valence-electron chi connectivity index (χ2n) is 5.74. The van der Waals surface area contributed by atoms with Crippen molar-refractivity contribution in [1.29, 1.82) is 0 Å². The molecule has 100 valence electrons. The Kier molecular flexibility index (Phi) is 3.01. The lowest BCUT2D eigenvalue weighted by Crippen LogP contribution is -2.26. The molecule has 1 fully saturated rings. The second kappa shape index (κ2) is 4.68. The molecule has 2 aromatic rings. The van der Waals surface area contributed by atoms with Gasteiger partial charge in [0.05, 0.1) is 5.69 Å². The summed E-state index contributed by atoms with van der Waals surface area (Å²) in [5.74, 6) is 2.33. The summed E-state index contributed by atoms with van der Waals surface area (Å²) in [7, 11) is 0. The minimum atomic E-state index is 0.732. The van der Waals surface area contributed by atoms with E-state index < -0.39 is 0 Å². The summed E-state index contributed by atoms with van der Waals surface area (Å²) in [6, 6.07) is 7.88. The summed E-state index contributed by atoms with van der Waals surface area (Å²) in [5.41, 5.74) is 8.81. The van der Waals surface area contributed by atoms with Crippen molar-refractivity contribution in [2.75, 3.05) is 5.73 Å². The van der Waals surface area contributed by atoms with Crippen LogP contribution in [0, 0.1) is 18.8 Å². The van der Waals surface area contributed by atoms with Gasteiger partial charge in [0.15, 0.2) is 0 Å². The Balaban J connectivity index is 1.81. The molecule has 0 radical (unpaired) electrons. The summed E-state index contributed by atoms with van der Waals surface area (Å²) in [6.45, 7) is 5.21. The van der Waals surface area contributed by atoms with Crippen LogP contribution in [0.3, 0.4) is 0 Å². The van der Waals surface area contributed by atoms with Gasteiger partial charge in [0.2, 0.25) is 0 Å². The minimum Gasteiger partial charge on any atom is -0.384 e. The van der Waals surface area contributed by atoms with E-state index in [1.165, 1.54) is 12.8 Å². The van der Waals surface area contributed by atoms with Gasteiger partial charge in [0.1, 0.15) is 11.5 Å². The molecule has 1 aliphatic rings. The number of nitrogens with two attached hydrogens (primary N) is 1. The van der Waals surface area contributed by atoms with Gasteiger partial charge in [-0.3, -0.25) is 4.98 Å². The maximum atomic E-state index is 6.05. The predicted molar refractivity (Wildman–Crippen MR) is 76.5 cm³/mol. The first-order chi connectivity index (χ1) is 9.11. The van der Waals surface area contributed by atoms with E-state index in [4.69, 9.17) is 5.73 Å². The molecule has 0 spiro atoms. The van der Waals surface area contributed by atoms with Gasteiger partial charge in [-0.25, -0.2) is 4.68 Å². The fourth-order valence-electron chi connectivity index (χ4n) is 2.85. The van der Waals surface area contributed by atoms with E-state index in [9.17, 15) is 0 Å². The molecule has 0 unspecified atom stereocenters. The van der Waals surface area contributed by atoms with Crippen LogP contribution in [0.2, 0.25) is 0 Å². The number of pyridine rings is 1. The third kappa shape index (κ3) is 2.48. The smallest absolute Gasteiger partial charge is 0.122 e. The lowest BCUT2D eigenvalue weighted by Gasteiger charge is -2.32. The van der Waals surface area contributed by atoms with E-state index >= 15 is 0 Å². The Morgan fingerprint density at radius 1 is 1.32 bits per heavy atom. The standard InChI is InChI=1S/C15H20N4/c1-10-6-12(7-10)9-19-15(16)8-14(18-19)13-5-3-4-11(2)17-13/h3-5,8,10,12H,6-7,9,16H2,1-2H3. The third-order valence-electron chi connectivity index (χ3n) is 3.86. The number of nitrogen functional groups attached to an aromatic ring is 1. The second-order valence-corrected chi connectivity index (χ2v) is 5.74. The van der Waals surface area contributed by atoms with E-state index in [0.29, 0.717) is 0 Å². The number of hydrogen-bond acceptors (Lipinski definition) is 3. The molecule has 1 saturated carbocycles. The first-order valence-electron chi connectivity index (χ1n) is 6.89. The molecule has 3 rings (SSSR count). The monoisotopic (exact) mass is 256 g/mol. The molecule has 1 aliphatic carbocycles. The lowest BCUT2D eigenvalue weighted by molar-refractivity contribution is 0.183. The molecule has 0 saturated heterocycles. The zero-order chi connectivity index (χ0) is 13.4. The number of aromatic nitrogens is 3. The molecule has 4 nitrogen and oxygen atoms in total. The van der Waals surface area contributed by atoms with Crippen LogP contribution in [0.1, 0.15) is 25.5 Å². The quantitative estimate of drug-likeness (QED) is 0.918. The van der Waals surface area contributed by atoms with Gasteiger partial charge in [-0.2, -0.15) is 5.10 Å². The largest absolute Gasteiger partial charge is 0.384 e. The first-order valence-corrected chi connectivity index (χ1v) is 6.89. The maximum absolute atomic E-state index is 6.05. The van der Waals surface area contributed by atoms with Crippen molar-refractivity contribution in [3.63, 3.8) is 0 Å². The first kappa shape index (κ1) is 12.2. The zero-order valence-electron chi connectivity index (χ0n) is 11.5. The molecule has 19 heavy (non-hydrogen) atoms. The van der Waals surface area contributed by atoms with Crippen molar-refractivity contribution in [3.8, 4) is 11.4 Å². The highest BCUT2D eigenvalue weighted by molar-refractivity contribution is 5.58. The molecular weight excluding hydrogens is 236 g/mol. The van der Waals surface area contributed by atoms with Gasteiger partial charge in [-0.15, -0.1) is 0 Å². The summed E-state index contributed by atoms with van der Waals surface area (Å²) in [6.07, 6.45) is 2.58. The van der Waals surface area contributed by atoms with Gasteiger partial charge in [-0.05, 0) is 43.7 Å². The summed E-state index contributed by atoms with van der Waals surface area (Å²) < 4.78 is 1.93. The highest BCUT2D eigenvalue weighted by Crippen LogP contribution is 2.34. The Hall–Kier alpha value is -1.84. The SMILES string of the molecule is Cc1cccc(-c2cc(N)n(CC3CC(C)C3)n2)n1. The number of hydrogen-bond donors (Lipinski definition) is 1. The Morgan fingerprint density at radius 2 is 2.11 bits per heavy atom. The normalized spacial score (nSPS) is 22.2. The molecule has 0 amide bonds. The summed E-state index contributed by atoms with van der Waals surface area (Å²) >= 11 is 0. The molecular formula is C15H20N4. The molecule has 2 aromatic heterocycles. The predicted octanol–water partition coefficient (Wildman–Crippen LogP) is 2.88. The van der Waals surface area contributed by atoms with Gasteiger partial charge in [0, 0.05) is 18.3 Å². The lowest BCUT2D eigenvalue weighted by atomic mass is 9.76. The van der Waals surface area contributed by atoms with Gasteiger partial charge in [-0.1, -0.05) is 13.0 Å². The van der Waals surface area contributed by atoms with E-state index in [1.54, 1.807) is 0 Å². The van der Waals surface area contributed by atoms with E-state index in [2.05, 4.69) is 17.0 Å². The molecule has 4 heteroatoms. The van der Waals surface area contributed by atoms with Gasteiger partial charge < -0.3 is 5.73 Å². The number of nitrogens with zero attached hydrogens (tertiary/aromatic N) is 3. The van der Waals surface area contributed by atoms with E-state index in [1.807, 2.05) is 35.9 Å². The number of anilines is 1. The van der Waals surface area contributed by atoms with Crippen molar-refractivity contribution in [1.82, 2.24) is 14.8 Å². The van der Waals surface area contributed by atoms with E-state index in [-0.39, 0.29) is 0 Å².